The number of aryl methyl sites for hydroxylation is 1. The van der Waals surface area contributed by atoms with Crippen molar-refractivity contribution in [1.82, 2.24) is 9.88 Å². The minimum absolute atomic E-state index is 0.0757. The van der Waals surface area contributed by atoms with E-state index in [-0.39, 0.29) is 11.6 Å². The van der Waals surface area contributed by atoms with E-state index in [1.165, 1.54) is 12.1 Å². The maximum atomic E-state index is 12.7. The van der Waals surface area contributed by atoms with Crippen LogP contribution < -0.4 is 9.64 Å². The number of hydrogen-bond acceptors (Lipinski definition) is 7. The number of thiazole rings is 1. The second kappa shape index (κ2) is 7.67. The van der Waals surface area contributed by atoms with Crippen LogP contribution >= 0.6 is 11.3 Å². The summed E-state index contributed by atoms with van der Waals surface area (Å²) in [5, 5.41) is 11.9. The molecule has 1 fully saturated rings. The van der Waals surface area contributed by atoms with Gasteiger partial charge in [-0.05, 0) is 24.6 Å². The number of rotatable bonds is 4. The number of piperazine rings is 1. The molecule has 1 saturated heterocycles. The van der Waals surface area contributed by atoms with Gasteiger partial charge in [0.2, 0.25) is 0 Å². The van der Waals surface area contributed by atoms with Crippen molar-refractivity contribution in [3.05, 3.63) is 57.6 Å². The van der Waals surface area contributed by atoms with Crippen molar-refractivity contribution < 1.29 is 14.5 Å². The Morgan fingerprint density at radius 3 is 2.66 bits per heavy atom. The fraction of sp³-hybridized carbons (Fsp3) is 0.300. The number of methoxy groups -OCH3 is 1. The van der Waals surface area contributed by atoms with Crippen LogP contribution in [-0.4, -0.2) is 54.0 Å². The highest BCUT2D eigenvalue weighted by Gasteiger charge is 2.25. The van der Waals surface area contributed by atoms with Gasteiger partial charge in [-0.25, -0.2) is 4.98 Å². The van der Waals surface area contributed by atoms with Crippen LogP contribution in [0.5, 0.6) is 5.75 Å². The van der Waals surface area contributed by atoms with E-state index >= 15 is 0 Å². The second-order valence-corrected chi connectivity index (χ2v) is 7.82. The van der Waals surface area contributed by atoms with Crippen molar-refractivity contribution >= 4 is 38.3 Å². The van der Waals surface area contributed by atoms with Crippen molar-refractivity contribution in [3.8, 4) is 5.75 Å². The zero-order chi connectivity index (χ0) is 20.5. The highest BCUT2D eigenvalue weighted by atomic mass is 32.1. The summed E-state index contributed by atoms with van der Waals surface area (Å²) in [6, 6.07) is 9.83. The number of hydrogen-bond donors (Lipinski definition) is 0. The molecule has 1 aromatic heterocycles. The number of nitro groups is 1. The van der Waals surface area contributed by atoms with Crippen LogP contribution in [0.2, 0.25) is 0 Å². The first-order valence-corrected chi connectivity index (χ1v) is 10.0. The van der Waals surface area contributed by atoms with E-state index in [0.29, 0.717) is 31.7 Å². The minimum atomic E-state index is -0.488. The summed E-state index contributed by atoms with van der Waals surface area (Å²) >= 11 is 1.63. The Balaban J connectivity index is 1.49. The standard InChI is InChI=1S/C20H20N4O4S/c1-13-6-7-16(28-2)17-18(13)29-20(21-17)23-10-8-22(9-11-23)19(25)14-4-3-5-15(12-14)24(26)27/h3-7,12H,8-11H2,1-2H3. The first-order valence-electron chi connectivity index (χ1n) is 9.20. The summed E-state index contributed by atoms with van der Waals surface area (Å²) in [6.07, 6.45) is 0. The number of non-ortho nitro benzene ring substituents is 1. The SMILES string of the molecule is COc1ccc(C)c2sc(N3CCN(C(=O)c4cccc([N+](=O)[O-])c4)CC3)nc12. The summed E-state index contributed by atoms with van der Waals surface area (Å²) in [4.78, 5) is 31.9. The molecule has 1 aliphatic rings. The molecule has 8 nitrogen and oxygen atoms in total. The van der Waals surface area contributed by atoms with Gasteiger partial charge in [0.15, 0.2) is 5.13 Å². The number of amides is 1. The van der Waals surface area contributed by atoms with Gasteiger partial charge in [-0.15, -0.1) is 0 Å². The van der Waals surface area contributed by atoms with E-state index in [9.17, 15) is 14.9 Å². The number of carbonyl (C=O) groups excluding carboxylic acids is 1. The van der Waals surface area contributed by atoms with Gasteiger partial charge in [-0.1, -0.05) is 23.5 Å². The van der Waals surface area contributed by atoms with Crippen LogP contribution in [0.15, 0.2) is 36.4 Å². The maximum absolute atomic E-state index is 12.7. The van der Waals surface area contributed by atoms with Crippen molar-refractivity contribution in [2.24, 2.45) is 0 Å². The lowest BCUT2D eigenvalue weighted by atomic mass is 10.1. The lowest BCUT2D eigenvalue weighted by molar-refractivity contribution is -0.384. The number of nitro benzene ring substituents is 1. The Morgan fingerprint density at radius 1 is 1.21 bits per heavy atom. The molecule has 0 bridgehead atoms. The number of fused-ring (bicyclic) bond motifs is 1. The molecule has 3 aromatic rings. The van der Waals surface area contributed by atoms with Crippen LogP contribution in [0.4, 0.5) is 10.8 Å². The molecule has 0 atom stereocenters. The molecule has 0 unspecified atom stereocenters. The molecule has 150 valence electrons. The maximum Gasteiger partial charge on any atom is 0.270 e. The number of ether oxygens (including phenoxy) is 1. The minimum Gasteiger partial charge on any atom is -0.494 e. The van der Waals surface area contributed by atoms with Gasteiger partial charge in [0.25, 0.3) is 11.6 Å². The molecule has 2 aromatic carbocycles. The van der Waals surface area contributed by atoms with Crippen LogP contribution in [0.1, 0.15) is 15.9 Å². The summed E-state index contributed by atoms with van der Waals surface area (Å²) in [5.74, 6) is 0.572. The number of nitrogens with zero attached hydrogens (tertiary/aromatic N) is 4. The van der Waals surface area contributed by atoms with E-state index in [2.05, 4.69) is 11.8 Å². The van der Waals surface area contributed by atoms with Gasteiger partial charge in [-0.3, -0.25) is 14.9 Å². The Bertz CT molecular complexity index is 1090. The topological polar surface area (TPSA) is 88.8 Å². The average molecular weight is 412 g/mol. The van der Waals surface area contributed by atoms with E-state index in [4.69, 9.17) is 9.72 Å². The zero-order valence-corrected chi connectivity index (χ0v) is 16.9. The molecule has 1 amide bonds. The van der Waals surface area contributed by atoms with E-state index in [0.717, 1.165) is 26.7 Å². The molecule has 0 spiro atoms. The number of benzene rings is 2. The van der Waals surface area contributed by atoms with Crippen LogP contribution in [-0.2, 0) is 0 Å². The predicted octanol–water partition coefficient (Wildman–Crippen LogP) is 3.48. The van der Waals surface area contributed by atoms with Crippen LogP contribution in [0.25, 0.3) is 10.2 Å². The van der Waals surface area contributed by atoms with E-state index in [1.807, 2.05) is 12.1 Å². The normalized spacial score (nSPS) is 14.3. The molecule has 4 rings (SSSR count). The van der Waals surface area contributed by atoms with Gasteiger partial charge in [0.05, 0.1) is 16.7 Å². The third kappa shape index (κ3) is 3.61. The molecular formula is C20H20N4O4S. The van der Waals surface area contributed by atoms with Crippen LogP contribution in [0, 0.1) is 17.0 Å². The lowest BCUT2D eigenvalue weighted by Gasteiger charge is -2.34. The first-order chi connectivity index (χ1) is 14.0. The summed E-state index contributed by atoms with van der Waals surface area (Å²) in [7, 11) is 1.64. The van der Waals surface area contributed by atoms with Crippen molar-refractivity contribution in [1.29, 1.82) is 0 Å². The smallest absolute Gasteiger partial charge is 0.270 e. The fourth-order valence-electron chi connectivity index (χ4n) is 3.43. The molecule has 0 aliphatic carbocycles. The molecule has 0 saturated carbocycles. The third-order valence-corrected chi connectivity index (χ3v) is 6.30. The molecular weight excluding hydrogens is 392 g/mol. The number of aromatic nitrogens is 1. The Morgan fingerprint density at radius 2 is 1.97 bits per heavy atom. The molecule has 0 radical (unpaired) electrons. The summed E-state index contributed by atoms with van der Waals surface area (Å²) in [6.45, 7) is 4.43. The lowest BCUT2D eigenvalue weighted by Crippen LogP contribution is -2.48. The Labute approximate surface area is 171 Å². The van der Waals surface area contributed by atoms with Gasteiger partial charge in [0.1, 0.15) is 11.3 Å². The van der Waals surface area contributed by atoms with Crippen LogP contribution in [0.3, 0.4) is 0 Å². The van der Waals surface area contributed by atoms with Crippen molar-refractivity contribution in [2.45, 2.75) is 6.92 Å². The van der Waals surface area contributed by atoms with E-state index < -0.39 is 4.92 Å². The Hall–Kier alpha value is -3.20. The molecule has 29 heavy (non-hydrogen) atoms. The van der Waals surface area contributed by atoms with Crippen molar-refractivity contribution in [3.63, 3.8) is 0 Å². The third-order valence-electron chi connectivity index (χ3n) is 5.05. The second-order valence-electron chi connectivity index (χ2n) is 6.85. The monoisotopic (exact) mass is 412 g/mol. The van der Waals surface area contributed by atoms with Gasteiger partial charge in [-0.2, -0.15) is 0 Å². The van der Waals surface area contributed by atoms with Gasteiger partial charge < -0.3 is 14.5 Å². The number of anilines is 1. The largest absolute Gasteiger partial charge is 0.494 e. The summed E-state index contributed by atoms with van der Waals surface area (Å²) in [5.41, 5.74) is 2.29. The van der Waals surface area contributed by atoms with Gasteiger partial charge in [0, 0.05) is 43.9 Å². The van der Waals surface area contributed by atoms with Crippen molar-refractivity contribution in [2.75, 3.05) is 38.2 Å². The molecule has 2 heterocycles. The molecule has 1 aliphatic heterocycles. The zero-order valence-electron chi connectivity index (χ0n) is 16.1. The number of carbonyl (C=O) groups is 1. The van der Waals surface area contributed by atoms with Gasteiger partial charge >= 0.3 is 0 Å². The summed E-state index contributed by atoms with van der Waals surface area (Å²) < 4.78 is 6.54. The predicted molar refractivity (Wildman–Crippen MR) is 112 cm³/mol. The van der Waals surface area contributed by atoms with E-state index in [1.54, 1.807) is 35.5 Å². The Kier molecular flexibility index (Phi) is 5.06. The highest BCUT2D eigenvalue weighted by Crippen LogP contribution is 2.36. The first kappa shape index (κ1) is 19.1. The molecule has 9 heteroatoms. The highest BCUT2D eigenvalue weighted by molar-refractivity contribution is 7.22. The molecule has 0 N–H and O–H groups in total. The quantitative estimate of drug-likeness (QED) is 0.481. The average Bonchev–Trinajstić information content (AvgIpc) is 3.20. The fourth-order valence-corrected chi connectivity index (χ4v) is 4.54.